The molecule has 0 radical (unpaired) electrons. The molecule has 21 heavy (non-hydrogen) atoms. The molecule has 1 fully saturated rings. The number of piperidine rings is 1. The number of amides is 1. The third-order valence-corrected chi connectivity index (χ3v) is 3.47. The molecule has 0 spiro atoms. The van der Waals surface area contributed by atoms with E-state index in [1.165, 1.54) is 12.1 Å². The summed E-state index contributed by atoms with van der Waals surface area (Å²) in [5.74, 6) is -0.605. The van der Waals surface area contributed by atoms with Crippen LogP contribution in [-0.2, 0) is 4.74 Å². The van der Waals surface area contributed by atoms with Gasteiger partial charge in [-0.25, -0.2) is 9.18 Å². The first kappa shape index (κ1) is 15.6. The molecule has 1 aliphatic rings. The molecule has 1 aromatic carbocycles. The van der Waals surface area contributed by atoms with Gasteiger partial charge in [0.25, 0.3) is 0 Å². The van der Waals surface area contributed by atoms with Crippen molar-refractivity contribution in [3.8, 4) is 5.75 Å². The van der Waals surface area contributed by atoms with E-state index in [1.54, 1.807) is 4.90 Å². The molecule has 116 valence electrons. The lowest BCUT2D eigenvalue weighted by Crippen LogP contribution is -2.42. The van der Waals surface area contributed by atoms with Crippen LogP contribution in [0.1, 0.15) is 51.6 Å². The van der Waals surface area contributed by atoms with Crippen LogP contribution in [0.2, 0.25) is 0 Å². The van der Waals surface area contributed by atoms with Crippen LogP contribution in [0.5, 0.6) is 5.75 Å². The molecule has 1 saturated heterocycles. The average Bonchev–Trinajstić information content (AvgIpc) is 2.37. The Balaban J connectivity index is 2.24. The number of aromatic hydroxyl groups is 1. The van der Waals surface area contributed by atoms with Gasteiger partial charge in [-0.2, -0.15) is 0 Å². The minimum absolute atomic E-state index is 0.115. The Morgan fingerprint density at radius 1 is 1.38 bits per heavy atom. The molecule has 5 heteroatoms. The van der Waals surface area contributed by atoms with Crippen molar-refractivity contribution in [2.75, 3.05) is 6.54 Å². The number of phenols is 1. The molecule has 1 atom stereocenters. The van der Waals surface area contributed by atoms with Gasteiger partial charge >= 0.3 is 6.09 Å². The third-order valence-electron chi connectivity index (χ3n) is 3.47. The number of phenolic OH excluding ortho intramolecular Hbond substituents is 1. The number of carbonyl (C=O) groups excluding carboxylic acids is 1. The van der Waals surface area contributed by atoms with E-state index in [0.717, 1.165) is 18.9 Å². The number of halogens is 1. The summed E-state index contributed by atoms with van der Waals surface area (Å²) in [4.78, 5) is 13.9. The second kappa shape index (κ2) is 5.92. The van der Waals surface area contributed by atoms with Gasteiger partial charge in [0.2, 0.25) is 0 Å². The summed E-state index contributed by atoms with van der Waals surface area (Å²) < 4.78 is 19.5. The van der Waals surface area contributed by atoms with Crippen LogP contribution >= 0.6 is 0 Å². The highest BCUT2D eigenvalue weighted by Gasteiger charge is 2.32. The van der Waals surface area contributed by atoms with Gasteiger partial charge in [0.05, 0.1) is 6.04 Å². The quantitative estimate of drug-likeness (QED) is 0.852. The van der Waals surface area contributed by atoms with Gasteiger partial charge < -0.3 is 14.7 Å². The molecule has 0 bridgehead atoms. The van der Waals surface area contributed by atoms with Gasteiger partial charge in [-0.05, 0) is 46.1 Å². The van der Waals surface area contributed by atoms with Crippen molar-refractivity contribution < 1.29 is 19.0 Å². The van der Waals surface area contributed by atoms with Crippen LogP contribution < -0.4 is 0 Å². The summed E-state index contributed by atoms with van der Waals surface area (Å²) in [6.07, 6.45) is 2.10. The Labute approximate surface area is 124 Å². The Morgan fingerprint density at radius 3 is 2.71 bits per heavy atom. The molecule has 1 amide bonds. The zero-order chi connectivity index (χ0) is 15.6. The van der Waals surface area contributed by atoms with Crippen LogP contribution in [0.15, 0.2) is 18.2 Å². The normalized spacial score (nSPS) is 19.4. The molecular weight excluding hydrogens is 273 g/mol. The number of hydrogen-bond acceptors (Lipinski definition) is 3. The number of rotatable bonds is 1. The highest BCUT2D eigenvalue weighted by molar-refractivity contribution is 5.69. The predicted octanol–water partition coefficient (Wildman–Crippen LogP) is 3.99. The van der Waals surface area contributed by atoms with Crippen molar-refractivity contribution in [3.63, 3.8) is 0 Å². The fraction of sp³-hybridized carbons (Fsp3) is 0.562. The summed E-state index contributed by atoms with van der Waals surface area (Å²) >= 11 is 0. The van der Waals surface area contributed by atoms with Crippen LogP contribution in [0.4, 0.5) is 9.18 Å². The van der Waals surface area contributed by atoms with Gasteiger partial charge in [-0.1, -0.05) is 6.07 Å². The number of carbonyl (C=O) groups is 1. The molecule has 1 aromatic rings. The first-order chi connectivity index (χ1) is 9.78. The fourth-order valence-electron chi connectivity index (χ4n) is 2.58. The first-order valence-electron chi connectivity index (χ1n) is 7.26. The monoisotopic (exact) mass is 295 g/mol. The van der Waals surface area contributed by atoms with Crippen molar-refractivity contribution >= 4 is 6.09 Å². The highest BCUT2D eigenvalue weighted by Crippen LogP contribution is 2.34. The standard InChI is InChI=1S/C16H22FNO3/c1-16(2,3)21-15(20)18-9-5-4-6-14(18)12-8-7-11(19)10-13(12)17/h7-8,10,14,19H,4-6,9H2,1-3H3. The fourth-order valence-corrected chi connectivity index (χ4v) is 2.58. The Kier molecular flexibility index (Phi) is 4.40. The zero-order valence-electron chi connectivity index (χ0n) is 12.7. The van der Waals surface area contributed by atoms with Crippen molar-refractivity contribution in [2.24, 2.45) is 0 Å². The molecular formula is C16H22FNO3. The lowest BCUT2D eigenvalue weighted by Gasteiger charge is -2.37. The Morgan fingerprint density at radius 2 is 2.10 bits per heavy atom. The van der Waals surface area contributed by atoms with E-state index >= 15 is 0 Å². The van der Waals surface area contributed by atoms with Crippen molar-refractivity contribution in [1.29, 1.82) is 0 Å². The van der Waals surface area contributed by atoms with Crippen LogP contribution in [0.25, 0.3) is 0 Å². The average molecular weight is 295 g/mol. The number of likely N-dealkylation sites (tertiary alicyclic amines) is 1. The summed E-state index contributed by atoms with van der Waals surface area (Å²) in [6.45, 7) is 5.99. The first-order valence-corrected chi connectivity index (χ1v) is 7.26. The SMILES string of the molecule is CC(C)(C)OC(=O)N1CCCCC1c1ccc(O)cc1F. The summed E-state index contributed by atoms with van der Waals surface area (Å²) in [5, 5.41) is 9.32. The van der Waals surface area contributed by atoms with Gasteiger partial charge in [-0.3, -0.25) is 0 Å². The number of hydrogen-bond donors (Lipinski definition) is 1. The van der Waals surface area contributed by atoms with E-state index in [4.69, 9.17) is 4.74 Å². The Hall–Kier alpha value is -1.78. The molecule has 0 saturated carbocycles. The number of nitrogens with zero attached hydrogens (tertiary/aromatic N) is 1. The molecule has 1 unspecified atom stereocenters. The van der Waals surface area contributed by atoms with Crippen LogP contribution in [-0.4, -0.2) is 28.2 Å². The van der Waals surface area contributed by atoms with E-state index < -0.39 is 17.5 Å². The largest absolute Gasteiger partial charge is 0.508 e. The smallest absolute Gasteiger partial charge is 0.410 e. The van der Waals surface area contributed by atoms with Crippen LogP contribution in [0.3, 0.4) is 0 Å². The van der Waals surface area contributed by atoms with Crippen LogP contribution in [0, 0.1) is 5.82 Å². The summed E-state index contributed by atoms with van der Waals surface area (Å²) in [5.41, 5.74) is -0.148. The Bertz CT molecular complexity index is 525. The highest BCUT2D eigenvalue weighted by atomic mass is 19.1. The molecule has 1 aliphatic heterocycles. The maximum Gasteiger partial charge on any atom is 0.410 e. The van der Waals surface area contributed by atoms with E-state index in [9.17, 15) is 14.3 Å². The lowest BCUT2D eigenvalue weighted by molar-refractivity contribution is 0.00915. The molecule has 4 nitrogen and oxygen atoms in total. The number of ether oxygens (including phenoxy) is 1. The minimum atomic E-state index is -0.577. The lowest BCUT2D eigenvalue weighted by atomic mass is 9.95. The van der Waals surface area contributed by atoms with Gasteiger partial charge in [0.1, 0.15) is 17.2 Å². The topological polar surface area (TPSA) is 49.8 Å². The molecule has 1 heterocycles. The van der Waals surface area contributed by atoms with Gasteiger partial charge in [0.15, 0.2) is 0 Å². The summed E-state index contributed by atoms with van der Waals surface area (Å²) in [7, 11) is 0. The molecule has 2 rings (SSSR count). The zero-order valence-corrected chi connectivity index (χ0v) is 12.7. The van der Waals surface area contributed by atoms with E-state index in [1.807, 2.05) is 20.8 Å². The van der Waals surface area contributed by atoms with Crippen molar-refractivity contribution in [1.82, 2.24) is 4.90 Å². The van der Waals surface area contributed by atoms with Crippen molar-refractivity contribution in [2.45, 2.75) is 51.7 Å². The van der Waals surface area contributed by atoms with E-state index in [0.29, 0.717) is 18.5 Å². The number of benzene rings is 1. The third kappa shape index (κ3) is 3.86. The van der Waals surface area contributed by atoms with Crippen molar-refractivity contribution in [3.05, 3.63) is 29.6 Å². The maximum absolute atomic E-state index is 14.1. The molecule has 1 N–H and O–H groups in total. The minimum Gasteiger partial charge on any atom is -0.508 e. The predicted molar refractivity (Wildman–Crippen MR) is 77.6 cm³/mol. The summed E-state index contributed by atoms with van der Waals surface area (Å²) in [6, 6.07) is 3.73. The van der Waals surface area contributed by atoms with Gasteiger partial charge in [0, 0.05) is 18.2 Å². The maximum atomic E-state index is 14.1. The van der Waals surface area contributed by atoms with Gasteiger partial charge in [-0.15, -0.1) is 0 Å². The van der Waals surface area contributed by atoms with E-state index in [-0.39, 0.29) is 11.8 Å². The van der Waals surface area contributed by atoms with E-state index in [2.05, 4.69) is 0 Å². The molecule has 0 aromatic heterocycles. The second-order valence-corrected chi connectivity index (χ2v) is 6.39. The molecule has 0 aliphatic carbocycles. The second-order valence-electron chi connectivity index (χ2n) is 6.39.